The minimum atomic E-state index is -0.522. The number of pyridine rings is 1. The number of aldehydes is 1. The van der Waals surface area contributed by atoms with E-state index in [0.717, 1.165) is 54.5 Å². The zero-order valence-corrected chi connectivity index (χ0v) is 16.1. The van der Waals surface area contributed by atoms with Crippen molar-refractivity contribution in [1.82, 2.24) is 14.5 Å². The third kappa shape index (κ3) is 4.26. The monoisotopic (exact) mass is 378 g/mol. The first-order valence-electron chi connectivity index (χ1n) is 9.28. The van der Waals surface area contributed by atoms with Gasteiger partial charge in [-0.3, -0.25) is 4.79 Å². The lowest BCUT2D eigenvalue weighted by Gasteiger charge is -2.23. The molecule has 0 amide bonds. The lowest BCUT2D eigenvalue weighted by atomic mass is 10.1. The summed E-state index contributed by atoms with van der Waals surface area (Å²) < 4.78 is 14.3. The molecule has 1 aliphatic heterocycles. The number of carbonyl (C=O) groups excluding carboxylic acids is 1. The number of nitriles is 1. The van der Waals surface area contributed by atoms with Gasteiger partial charge in [0.05, 0.1) is 11.6 Å². The molecule has 0 aliphatic carbocycles. The van der Waals surface area contributed by atoms with E-state index in [9.17, 15) is 9.18 Å². The van der Waals surface area contributed by atoms with Crippen LogP contribution in [0.5, 0.6) is 0 Å². The quantitative estimate of drug-likeness (QED) is 0.631. The fourth-order valence-corrected chi connectivity index (χ4v) is 3.23. The molecule has 1 saturated heterocycles. The molecule has 0 N–H and O–H groups in total. The summed E-state index contributed by atoms with van der Waals surface area (Å²) in [5.41, 5.74) is 3.90. The second-order valence-electron chi connectivity index (χ2n) is 7.02. The molecule has 6 heteroatoms. The van der Waals surface area contributed by atoms with Gasteiger partial charge in [0.25, 0.3) is 0 Å². The fourth-order valence-electron chi connectivity index (χ4n) is 3.23. The van der Waals surface area contributed by atoms with Gasteiger partial charge in [-0.05, 0) is 62.7 Å². The number of likely N-dealkylation sites (tertiary alicyclic amines) is 1. The molecule has 0 radical (unpaired) electrons. The number of hydrogen-bond acceptors (Lipinski definition) is 4. The first kappa shape index (κ1) is 19.7. The van der Waals surface area contributed by atoms with Gasteiger partial charge in [0.15, 0.2) is 6.29 Å². The maximum Gasteiger partial charge on any atom is 0.151 e. The average Bonchev–Trinajstić information content (AvgIpc) is 3.16. The highest BCUT2D eigenvalue weighted by Crippen LogP contribution is 2.23. The number of alkyl halides is 1. The number of aryl methyl sites for hydroxylation is 1. The SMILES string of the molecule is CN1CCC(F)CC1.Cc1c(C=O)cnc2c1ccn2-c1ccc(C#N)cc1. The van der Waals surface area contributed by atoms with E-state index in [1.54, 1.807) is 18.3 Å². The molecule has 1 fully saturated rings. The summed E-state index contributed by atoms with van der Waals surface area (Å²) in [4.78, 5) is 17.5. The van der Waals surface area contributed by atoms with E-state index in [2.05, 4.69) is 16.0 Å². The molecule has 4 rings (SSSR count). The highest BCUT2D eigenvalue weighted by Gasteiger charge is 2.14. The Morgan fingerprint density at radius 3 is 2.46 bits per heavy atom. The van der Waals surface area contributed by atoms with Crippen molar-refractivity contribution < 1.29 is 9.18 Å². The van der Waals surface area contributed by atoms with Gasteiger partial charge in [-0.25, -0.2) is 9.37 Å². The lowest BCUT2D eigenvalue weighted by molar-refractivity contribution is 0.112. The molecule has 0 atom stereocenters. The number of benzene rings is 1. The van der Waals surface area contributed by atoms with Gasteiger partial charge in [0, 0.05) is 42.1 Å². The summed E-state index contributed by atoms with van der Waals surface area (Å²) in [6, 6.07) is 11.3. The summed E-state index contributed by atoms with van der Waals surface area (Å²) in [5.74, 6) is 0. The molecule has 0 spiro atoms. The van der Waals surface area contributed by atoms with Crippen LogP contribution in [0.4, 0.5) is 4.39 Å². The third-order valence-electron chi connectivity index (χ3n) is 5.07. The van der Waals surface area contributed by atoms with Crippen molar-refractivity contribution in [3.63, 3.8) is 0 Å². The van der Waals surface area contributed by atoms with Gasteiger partial charge in [-0.2, -0.15) is 5.26 Å². The van der Waals surface area contributed by atoms with Crippen LogP contribution in [0.3, 0.4) is 0 Å². The number of nitrogens with zero attached hydrogens (tertiary/aromatic N) is 4. The molecule has 0 saturated carbocycles. The highest BCUT2D eigenvalue weighted by atomic mass is 19.1. The van der Waals surface area contributed by atoms with Crippen molar-refractivity contribution in [2.24, 2.45) is 0 Å². The summed E-state index contributed by atoms with van der Waals surface area (Å²) in [6.07, 6.45) is 5.27. The number of hydrogen-bond donors (Lipinski definition) is 0. The van der Waals surface area contributed by atoms with Crippen LogP contribution in [-0.4, -0.2) is 47.0 Å². The molecule has 2 aromatic heterocycles. The second kappa shape index (κ2) is 8.77. The number of aromatic nitrogens is 2. The van der Waals surface area contributed by atoms with E-state index in [-0.39, 0.29) is 0 Å². The van der Waals surface area contributed by atoms with Crippen molar-refractivity contribution in [3.05, 3.63) is 59.4 Å². The van der Waals surface area contributed by atoms with E-state index < -0.39 is 6.17 Å². The Morgan fingerprint density at radius 1 is 1.21 bits per heavy atom. The van der Waals surface area contributed by atoms with Gasteiger partial charge in [0.2, 0.25) is 0 Å². The Hall–Kier alpha value is -3.04. The Labute approximate surface area is 164 Å². The zero-order valence-electron chi connectivity index (χ0n) is 16.1. The van der Waals surface area contributed by atoms with E-state index in [1.165, 1.54) is 0 Å². The fraction of sp³-hybridized carbons (Fsp3) is 0.318. The van der Waals surface area contributed by atoms with E-state index >= 15 is 0 Å². The Balaban J connectivity index is 0.000000236. The molecule has 0 bridgehead atoms. The summed E-state index contributed by atoms with van der Waals surface area (Å²) in [6.45, 7) is 3.78. The average molecular weight is 378 g/mol. The molecule has 3 aromatic rings. The maximum atomic E-state index is 12.3. The van der Waals surface area contributed by atoms with Crippen LogP contribution in [0, 0.1) is 18.3 Å². The predicted molar refractivity (Wildman–Crippen MR) is 108 cm³/mol. The van der Waals surface area contributed by atoms with Crippen molar-refractivity contribution in [1.29, 1.82) is 5.26 Å². The lowest BCUT2D eigenvalue weighted by Crippen LogP contribution is -2.30. The van der Waals surface area contributed by atoms with Crippen molar-refractivity contribution in [2.75, 3.05) is 20.1 Å². The number of piperidine rings is 1. The van der Waals surface area contributed by atoms with Crippen LogP contribution < -0.4 is 0 Å². The molecule has 3 heterocycles. The van der Waals surface area contributed by atoms with Crippen LogP contribution in [-0.2, 0) is 0 Å². The molecule has 0 unspecified atom stereocenters. The van der Waals surface area contributed by atoms with E-state index in [1.807, 2.05) is 42.9 Å². The standard InChI is InChI=1S/C16H11N3O.C6H12FN/c1-11-13(10-20)9-18-16-15(11)6-7-19(16)14-4-2-12(8-17)3-5-14;1-8-4-2-6(7)3-5-8/h2-7,9-10H,1H3;6H,2-5H2,1H3. The number of halogens is 1. The van der Waals surface area contributed by atoms with Crippen LogP contribution in [0.1, 0.15) is 34.3 Å². The first-order valence-corrected chi connectivity index (χ1v) is 9.28. The molecule has 28 heavy (non-hydrogen) atoms. The third-order valence-corrected chi connectivity index (χ3v) is 5.07. The topological polar surface area (TPSA) is 61.9 Å². The molecule has 1 aromatic carbocycles. The van der Waals surface area contributed by atoms with E-state index in [0.29, 0.717) is 11.1 Å². The van der Waals surface area contributed by atoms with Crippen LogP contribution in [0.15, 0.2) is 42.7 Å². The normalized spacial score (nSPS) is 14.9. The van der Waals surface area contributed by atoms with Gasteiger partial charge in [-0.15, -0.1) is 0 Å². The predicted octanol–water partition coefficient (Wildman–Crippen LogP) is 4.07. The zero-order chi connectivity index (χ0) is 20.1. The number of carbonyl (C=O) groups is 1. The molecule has 144 valence electrons. The van der Waals surface area contributed by atoms with Gasteiger partial charge in [0.1, 0.15) is 11.8 Å². The summed E-state index contributed by atoms with van der Waals surface area (Å²) >= 11 is 0. The van der Waals surface area contributed by atoms with Crippen molar-refractivity contribution in [2.45, 2.75) is 25.9 Å². The van der Waals surface area contributed by atoms with Crippen LogP contribution >= 0.6 is 0 Å². The van der Waals surface area contributed by atoms with E-state index in [4.69, 9.17) is 5.26 Å². The highest BCUT2D eigenvalue weighted by molar-refractivity contribution is 5.89. The van der Waals surface area contributed by atoms with Crippen molar-refractivity contribution in [3.8, 4) is 11.8 Å². The Bertz CT molecular complexity index is 986. The molecule has 1 aliphatic rings. The molecular weight excluding hydrogens is 355 g/mol. The van der Waals surface area contributed by atoms with Gasteiger partial charge >= 0.3 is 0 Å². The largest absolute Gasteiger partial charge is 0.306 e. The minimum Gasteiger partial charge on any atom is -0.306 e. The van der Waals surface area contributed by atoms with Crippen molar-refractivity contribution >= 4 is 17.3 Å². The summed E-state index contributed by atoms with van der Waals surface area (Å²) in [5, 5.41) is 9.78. The van der Waals surface area contributed by atoms with Gasteiger partial charge < -0.3 is 9.47 Å². The number of rotatable bonds is 2. The minimum absolute atomic E-state index is 0.522. The first-order chi connectivity index (χ1) is 13.5. The van der Waals surface area contributed by atoms with Crippen LogP contribution in [0.2, 0.25) is 0 Å². The summed E-state index contributed by atoms with van der Waals surface area (Å²) in [7, 11) is 2.03. The molecular formula is C22H23FN4O. The second-order valence-corrected chi connectivity index (χ2v) is 7.02. The Kier molecular flexibility index (Phi) is 6.17. The van der Waals surface area contributed by atoms with Crippen LogP contribution in [0.25, 0.3) is 16.7 Å². The molecule has 5 nitrogen and oxygen atoms in total. The maximum absolute atomic E-state index is 12.3. The number of fused-ring (bicyclic) bond motifs is 1. The smallest absolute Gasteiger partial charge is 0.151 e. The van der Waals surface area contributed by atoms with Gasteiger partial charge in [-0.1, -0.05) is 0 Å². The Morgan fingerprint density at radius 2 is 1.89 bits per heavy atom.